The molecule has 10 heteroatoms. The number of carbonyl (C=O) groups is 2. The van der Waals surface area contributed by atoms with E-state index in [0.29, 0.717) is 0 Å². The molecule has 0 unspecified atom stereocenters. The molecule has 0 bridgehead atoms. The van der Waals surface area contributed by atoms with Gasteiger partial charge in [-0.2, -0.15) is 0 Å². The Morgan fingerprint density at radius 1 is 1.04 bits per heavy atom. The molecule has 1 aromatic heterocycles. The summed E-state index contributed by atoms with van der Waals surface area (Å²) in [6, 6.07) is 9.47. The lowest BCUT2D eigenvalue weighted by molar-refractivity contribution is 0.121. The first-order valence-electron chi connectivity index (χ1n) is 6.91. The number of pyridine rings is 1. The molecule has 0 aliphatic heterocycles. The highest BCUT2D eigenvalue weighted by Crippen LogP contribution is 2.31. The number of amides is 1. The summed E-state index contributed by atoms with van der Waals surface area (Å²) in [5.74, 6) is 0.408. The van der Waals surface area contributed by atoms with Crippen LogP contribution >= 0.6 is 0 Å². The SMILES string of the molecule is COC(=O)Nc1nc(N)ccc1/N=N/c1ccccc1OC(=O)OC. The highest BCUT2D eigenvalue weighted by atomic mass is 16.7. The number of hydrogen-bond acceptors (Lipinski definition) is 9. The monoisotopic (exact) mass is 345 g/mol. The topological polar surface area (TPSA) is 137 Å². The number of aromatic nitrogens is 1. The van der Waals surface area contributed by atoms with Crippen LogP contribution in [0.15, 0.2) is 46.6 Å². The predicted molar refractivity (Wildman–Crippen MR) is 88.3 cm³/mol. The first kappa shape index (κ1) is 17.7. The summed E-state index contributed by atoms with van der Waals surface area (Å²) < 4.78 is 13.9. The Morgan fingerprint density at radius 3 is 2.48 bits per heavy atom. The maximum atomic E-state index is 11.4. The second-order valence-corrected chi connectivity index (χ2v) is 4.44. The summed E-state index contributed by atoms with van der Waals surface area (Å²) in [6.07, 6.45) is -1.62. The van der Waals surface area contributed by atoms with Gasteiger partial charge < -0.3 is 19.9 Å². The normalized spacial score (nSPS) is 10.3. The zero-order valence-corrected chi connectivity index (χ0v) is 13.4. The fourth-order valence-electron chi connectivity index (χ4n) is 1.65. The zero-order chi connectivity index (χ0) is 18.2. The van der Waals surface area contributed by atoms with Gasteiger partial charge in [-0.3, -0.25) is 5.32 Å². The van der Waals surface area contributed by atoms with Crippen LogP contribution in [0.25, 0.3) is 0 Å². The number of benzene rings is 1. The van der Waals surface area contributed by atoms with Crippen molar-refractivity contribution in [3.63, 3.8) is 0 Å². The van der Waals surface area contributed by atoms with Crippen molar-refractivity contribution in [1.29, 1.82) is 0 Å². The smallest absolute Gasteiger partial charge is 0.453 e. The number of nitrogens with one attached hydrogen (secondary N) is 1. The van der Waals surface area contributed by atoms with Crippen LogP contribution < -0.4 is 15.8 Å². The van der Waals surface area contributed by atoms with Crippen molar-refractivity contribution in [3.8, 4) is 5.75 Å². The summed E-state index contributed by atoms with van der Waals surface area (Å²) in [5, 5.41) is 10.4. The van der Waals surface area contributed by atoms with E-state index in [0.717, 1.165) is 0 Å². The highest BCUT2D eigenvalue weighted by molar-refractivity contribution is 5.87. The van der Waals surface area contributed by atoms with Gasteiger partial charge in [0.2, 0.25) is 0 Å². The van der Waals surface area contributed by atoms with E-state index in [9.17, 15) is 9.59 Å². The van der Waals surface area contributed by atoms with Crippen LogP contribution in [-0.2, 0) is 9.47 Å². The molecular formula is C15H15N5O5. The largest absolute Gasteiger partial charge is 0.513 e. The molecule has 1 amide bonds. The molecule has 10 nitrogen and oxygen atoms in total. The molecule has 0 radical (unpaired) electrons. The van der Waals surface area contributed by atoms with E-state index in [-0.39, 0.29) is 28.8 Å². The number of methoxy groups -OCH3 is 2. The minimum absolute atomic E-state index is 0.0713. The molecule has 25 heavy (non-hydrogen) atoms. The number of azo groups is 1. The molecule has 0 aliphatic carbocycles. The van der Waals surface area contributed by atoms with Crippen LogP contribution in [-0.4, -0.2) is 31.5 Å². The van der Waals surface area contributed by atoms with Crippen LogP contribution in [0, 0.1) is 0 Å². The number of nitrogen functional groups attached to an aromatic ring is 1. The van der Waals surface area contributed by atoms with Crippen molar-refractivity contribution in [3.05, 3.63) is 36.4 Å². The second kappa shape index (κ2) is 8.24. The maximum absolute atomic E-state index is 11.4. The molecule has 0 atom stereocenters. The lowest BCUT2D eigenvalue weighted by Crippen LogP contribution is -2.12. The Bertz CT molecular complexity index is 809. The van der Waals surface area contributed by atoms with Gasteiger partial charge in [0.25, 0.3) is 0 Å². The van der Waals surface area contributed by atoms with E-state index < -0.39 is 12.2 Å². The van der Waals surface area contributed by atoms with Gasteiger partial charge >= 0.3 is 12.2 Å². The van der Waals surface area contributed by atoms with E-state index in [2.05, 4.69) is 30.0 Å². The van der Waals surface area contributed by atoms with Gasteiger partial charge in [-0.1, -0.05) is 12.1 Å². The fourth-order valence-corrected chi connectivity index (χ4v) is 1.65. The van der Waals surface area contributed by atoms with E-state index in [1.165, 1.54) is 32.4 Å². The first-order chi connectivity index (χ1) is 12.0. The molecule has 1 aromatic carbocycles. The quantitative estimate of drug-likeness (QED) is 0.492. The lowest BCUT2D eigenvalue weighted by atomic mass is 10.3. The Balaban J connectivity index is 2.31. The van der Waals surface area contributed by atoms with Crippen LogP contribution in [0.3, 0.4) is 0 Å². The van der Waals surface area contributed by atoms with Crippen molar-refractivity contribution < 1.29 is 23.8 Å². The lowest BCUT2D eigenvalue weighted by Gasteiger charge is -2.07. The summed E-state index contributed by atoms with van der Waals surface area (Å²) >= 11 is 0. The number of ether oxygens (including phenoxy) is 3. The van der Waals surface area contributed by atoms with Crippen LogP contribution in [0.1, 0.15) is 0 Å². The molecule has 0 saturated heterocycles. The van der Waals surface area contributed by atoms with Crippen LogP contribution in [0.4, 0.5) is 32.6 Å². The van der Waals surface area contributed by atoms with Crippen molar-refractivity contribution in [1.82, 2.24) is 4.98 Å². The standard InChI is InChI=1S/C15H15N5O5/c1-23-14(21)18-13-10(7-8-12(16)17-13)20-19-9-5-3-4-6-11(9)25-15(22)24-2/h3-8H,1-2H3,(H3,16,17,18,21)/b20-19+. The molecule has 3 N–H and O–H groups in total. The molecule has 0 aliphatic rings. The third kappa shape index (κ3) is 4.89. The number of hydrogen-bond donors (Lipinski definition) is 2. The summed E-state index contributed by atoms with van der Waals surface area (Å²) in [5.41, 5.74) is 6.10. The predicted octanol–water partition coefficient (Wildman–Crippen LogP) is 3.40. The van der Waals surface area contributed by atoms with Crippen molar-refractivity contribution in [2.75, 3.05) is 25.3 Å². The average molecular weight is 345 g/mol. The number of carbonyl (C=O) groups excluding carboxylic acids is 2. The minimum atomic E-state index is -0.884. The minimum Gasteiger partial charge on any atom is -0.453 e. The molecule has 2 rings (SSSR count). The summed E-state index contributed by atoms with van der Waals surface area (Å²) in [6.45, 7) is 0. The Hall–Kier alpha value is -3.69. The zero-order valence-electron chi connectivity index (χ0n) is 13.4. The molecular weight excluding hydrogens is 330 g/mol. The molecule has 0 spiro atoms. The van der Waals surface area contributed by atoms with Gasteiger partial charge in [0.05, 0.1) is 14.2 Å². The van der Waals surface area contributed by atoms with Crippen LogP contribution in [0.2, 0.25) is 0 Å². The first-order valence-corrected chi connectivity index (χ1v) is 6.91. The van der Waals surface area contributed by atoms with Gasteiger partial charge in [-0.15, -0.1) is 10.2 Å². The van der Waals surface area contributed by atoms with Gasteiger partial charge in [0.1, 0.15) is 17.2 Å². The van der Waals surface area contributed by atoms with Crippen molar-refractivity contribution >= 4 is 35.3 Å². The third-order valence-electron chi connectivity index (χ3n) is 2.79. The Labute approximate surface area is 142 Å². The van der Waals surface area contributed by atoms with Gasteiger partial charge in [-0.25, -0.2) is 14.6 Å². The van der Waals surface area contributed by atoms with Gasteiger partial charge in [0, 0.05) is 0 Å². The van der Waals surface area contributed by atoms with E-state index in [1.807, 2.05) is 0 Å². The number of anilines is 2. The molecule has 2 aromatic rings. The fraction of sp³-hybridized carbons (Fsp3) is 0.133. The maximum Gasteiger partial charge on any atom is 0.513 e. The van der Waals surface area contributed by atoms with Gasteiger partial charge in [0.15, 0.2) is 11.6 Å². The Morgan fingerprint density at radius 2 is 1.76 bits per heavy atom. The number of nitrogens with zero attached hydrogens (tertiary/aromatic N) is 3. The molecule has 130 valence electrons. The number of nitrogens with two attached hydrogens (primary N) is 1. The van der Waals surface area contributed by atoms with E-state index >= 15 is 0 Å². The van der Waals surface area contributed by atoms with Gasteiger partial charge in [-0.05, 0) is 24.3 Å². The number of rotatable bonds is 4. The average Bonchev–Trinajstić information content (AvgIpc) is 2.62. The van der Waals surface area contributed by atoms with Crippen molar-refractivity contribution in [2.45, 2.75) is 0 Å². The second-order valence-electron chi connectivity index (χ2n) is 4.44. The third-order valence-corrected chi connectivity index (χ3v) is 2.79. The number of para-hydroxylation sites is 1. The molecule has 1 heterocycles. The van der Waals surface area contributed by atoms with E-state index in [1.54, 1.807) is 18.2 Å². The summed E-state index contributed by atoms with van der Waals surface area (Å²) in [7, 11) is 2.40. The van der Waals surface area contributed by atoms with E-state index in [4.69, 9.17) is 10.5 Å². The van der Waals surface area contributed by atoms with Crippen molar-refractivity contribution in [2.24, 2.45) is 10.2 Å². The highest BCUT2D eigenvalue weighted by Gasteiger charge is 2.11. The Kier molecular flexibility index (Phi) is 5.82. The molecule has 0 saturated carbocycles. The summed E-state index contributed by atoms with van der Waals surface area (Å²) in [4.78, 5) is 26.6. The van der Waals surface area contributed by atoms with Crippen LogP contribution in [0.5, 0.6) is 5.75 Å². The molecule has 0 fully saturated rings.